The van der Waals surface area contributed by atoms with Crippen LogP contribution >= 0.6 is 11.6 Å². The maximum Gasteiger partial charge on any atom is 0.492 e. The molecule has 0 radical (unpaired) electrons. The fourth-order valence-corrected chi connectivity index (χ4v) is 1.78. The molecule has 1 aromatic rings. The summed E-state index contributed by atoms with van der Waals surface area (Å²) in [5.74, 6) is -2.80. The van der Waals surface area contributed by atoms with Crippen LogP contribution in [-0.4, -0.2) is 20.6 Å². The number of hydrogen-bond donors (Lipinski definition) is 0. The molecular formula is C8H4ClF3O4S. The Kier molecular flexibility index (Phi) is 3.68. The van der Waals surface area contributed by atoms with Gasteiger partial charge in [-0.1, -0.05) is 11.6 Å². The van der Waals surface area contributed by atoms with Crippen LogP contribution in [0.5, 0.6) is 0 Å². The number of benzene rings is 1. The maximum absolute atomic E-state index is 11.8. The molecule has 1 rings (SSSR count). The average Bonchev–Trinajstić information content (AvgIpc) is 2.16. The number of hydrogen-bond acceptors (Lipinski definition) is 4. The van der Waals surface area contributed by atoms with Crippen molar-refractivity contribution in [3.05, 3.63) is 29.3 Å². The maximum atomic E-state index is 11.8. The summed E-state index contributed by atoms with van der Waals surface area (Å²) in [6, 6.07) is 4.11. The van der Waals surface area contributed by atoms with Crippen LogP contribution in [0.1, 0.15) is 0 Å². The van der Waals surface area contributed by atoms with Crippen molar-refractivity contribution in [2.75, 3.05) is 0 Å². The fourth-order valence-electron chi connectivity index (χ4n) is 0.796. The van der Waals surface area contributed by atoms with E-state index in [4.69, 9.17) is 11.6 Å². The second-order valence-corrected chi connectivity index (χ2v) is 4.76. The van der Waals surface area contributed by atoms with E-state index < -0.39 is 27.2 Å². The van der Waals surface area contributed by atoms with E-state index in [0.717, 1.165) is 24.3 Å². The van der Waals surface area contributed by atoms with E-state index in [0.29, 0.717) is 0 Å². The molecule has 0 aromatic heterocycles. The third-order valence-electron chi connectivity index (χ3n) is 1.52. The van der Waals surface area contributed by atoms with Gasteiger partial charge in [-0.15, -0.1) is 0 Å². The molecule has 0 fully saturated rings. The molecule has 0 aliphatic heterocycles. The van der Waals surface area contributed by atoms with Gasteiger partial charge in [0, 0.05) is 5.02 Å². The molecule has 0 atom stereocenters. The number of carbonyl (C=O) groups is 1. The minimum absolute atomic E-state index is 0.186. The van der Waals surface area contributed by atoms with Crippen molar-refractivity contribution < 1.29 is 30.6 Å². The standard InChI is InChI=1S/C8H4ClF3O4S/c9-5-1-3-6(4-2-5)17(14,15)16-7(13)8(10,11)12/h1-4H. The van der Waals surface area contributed by atoms with E-state index in [1.54, 1.807) is 0 Å². The zero-order valence-corrected chi connectivity index (χ0v) is 9.43. The van der Waals surface area contributed by atoms with Gasteiger partial charge in [-0.25, -0.2) is 4.79 Å². The molecule has 0 amide bonds. The third kappa shape index (κ3) is 3.60. The molecule has 0 aliphatic carbocycles. The Hall–Kier alpha value is -1.28. The SMILES string of the molecule is O=C(OS(=O)(=O)c1ccc(Cl)cc1)C(F)(F)F. The van der Waals surface area contributed by atoms with Gasteiger partial charge >= 0.3 is 22.3 Å². The first kappa shape index (κ1) is 13.8. The fraction of sp³-hybridized carbons (Fsp3) is 0.125. The van der Waals surface area contributed by atoms with Crippen LogP contribution in [0.4, 0.5) is 13.2 Å². The molecule has 94 valence electrons. The van der Waals surface area contributed by atoms with Crippen molar-refractivity contribution in [1.29, 1.82) is 0 Å². The highest BCUT2D eigenvalue weighted by Crippen LogP contribution is 2.21. The molecule has 0 heterocycles. The van der Waals surface area contributed by atoms with Crippen molar-refractivity contribution in [1.82, 2.24) is 0 Å². The normalized spacial score (nSPS) is 12.2. The van der Waals surface area contributed by atoms with Crippen LogP contribution in [0, 0.1) is 0 Å². The average molecular weight is 289 g/mol. The lowest BCUT2D eigenvalue weighted by Gasteiger charge is -2.07. The van der Waals surface area contributed by atoms with Crippen molar-refractivity contribution in [2.24, 2.45) is 0 Å². The second-order valence-electron chi connectivity index (χ2n) is 2.78. The number of alkyl halides is 3. The van der Waals surface area contributed by atoms with Crippen LogP contribution < -0.4 is 0 Å². The Morgan fingerprint density at radius 3 is 2.06 bits per heavy atom. The number of halogens is 4. The molecule has 9 heteroatoms. The molecule has 17 heavy (non-hydrogen) atoms. The van der Waals surface area contributed by atoms with Gasteiger partial charge < -0.3 is 4.18 Å². The zero-order valence-electron chi connectivity index (χ0n) is 7.86. The summed E-state index contributed by atoms with van der Waals surface area (Å²) in [6.45, 7) is 0. The molecule has 0 spiro atoms. The predicted octanol–water partition coefficient (Wildman–Crippen LogP) is 2.13. The molecule has 4 nitrogen and oxygen atoms in total. The van der Waals surface area contributed by atoms with Gasteiger partial charge in [-0.05, 0) is 24.3 Å². The number of carbonyl (C=O) groups excluding carboxylic acids is 1. The van der Waals surface area contributed by atoms with Gasteiger partial charge in [-0.2, -0.15) is 21.6 Å². The molecule has 0 unspecified atom stereocenters. The number of rotatable bonds is 2. The Labute approximate surface area is 99.1 Å². The second kappa shape index (κ2) is 4.53. The lowest BCUT2D eigenvalue weighted by atomic mass is 10.4. The first-order chi connectivity index (χ1) is 7.63. The van der Waals surface area contributed by atoms with Gasteiger partial charge in [-0.3, -0.25) is 0 Å². The molecular weight excluding hydrogens is 285 g/mol. The van der Waals surface area contributed by atoms with E-state index in [9.17, 15) is 26.4 Å². The zero-order chi connectivity index (χ0) is 13.3. The quantitative estimate of drug-likeness (QED) is 0.782. The summed E-state index contributed by atoms with van der Waals surface area (Å²) in [4.78, 5) is 9.77. The summed E-state index contributed by atoms with van der Waals surface area (Å²) in [5, 5.41) is 0.186. The highest BCUT2D eigenvalue weighted by atomic mass is 35.5. The van der Waals surface area contributed by atoms with Gasteiger partial charge in [0.05, 0.1) is 0 Å². The molecule has 0 aliphatic rings. The third-order valence-corrected chi connectivity index (χ3v) is 2.99. The minimum atomic E-state index is -5.38. The Morgan fingerprint density at radius 1 is 1.18 bits per heavy atom. The Morgan fingerprint density at radius 2 is 1.65 bits per heavy atom. The van der Waals surface area contributed by atoms with Gasteiger partial charge in [0.25, 0.3) is 0 Å². The van der Waals surface area contributed by atoms with Crippen LogP contribution in [0.15, 0.2) is 29.2 Å². The van der Waals surface area contributed by atoms with E-state index in [1.165, 1.54) is 0 Å². The van der Waals surface area contributed by atoms with Crippen LogP contribution in [0.25, 0.3) is 0 Å². The summed E-state index contributed by atoms with van der Waals surface area (Å²) in [7, 11) is -4.79. The summed E-state index contributed by atoms with van der Waals surface area (Å²) in [6.07, 6.45) is -5.38. The minimum Gasteiger partial charge on any atom is -0.334 e. The van der Waals surface area contributed by atoms with Crippen LogP contribution in [0.3, 0.4) is 0 Å². The first-order valence-corrected chi connectivity index (χ1v) is 5.73. The predicted molar refractivity (Wildman–Crippen MR) is 50.8 cm³/mol. The van der Waals surface area contributed by atoms with Gasteiger partial charge in [0.2, 0.25) is 0 Å². The van der Waals surface area contributed by atoms with E-state index >= 15 is 0 Å². The molecule has 0 saturated carbocycles. The topological polar surface area (TPSA) is 60.4 Å². The van der Waals surface area contributed by atoms with Crippen molar-refractivity contribution in [2.45, 2.75) is 11.1 Å². The largest absolute Gasteiger partial charge is 0.492 e. The van der Waals surface area contributed by atoms with E-state index in [1.807, 2.05) is 0 Å². The highest BCUT2D eigenvalue weighted by molar-refractivity contribution is 7.87. The summed E-state index contributed by atoms with van der Waals surface area (Å²) in [5.41, 5.74) is 0. The lowest BCUT2D eigenvalue weighted by molar-refractivity contribution is -0.189. The highest BCUT2D eigenvalue weighted by Gasteiger charge is 2.44. The molecule has 0 saturated heterocycles. The monoisotopic (exact) mass is 288 g/mol. The Balaban J connectivity index is 2.98. The summed E-state index contributed by atoms with van der Waals surface area (Å²) >= 11 is 5.46. The first-order valence-electron chi connectivity index (χ1n) is 3.94. The molecule has 1 aromatic carbocycles. The smallest absolute Gasteiger partial charge is 0.334 e. The van der Waals surface area contributed by atoms with Crippen molar-refractivity contribution >= 4 is 27.7 Å². The van der Waals surface area contributed by atoms with Crippen LogP contribution in [0.2, 0.25) is 5.02 Å². The van der Waals surface area contributed by atoms with E-state index in [-0.39, 0.29) is 5.02 Å². The van der Waals surface area contributed by atoms with E-state index in [2.05, 4.69) is 4.18 Å². The Bertz CT molecular complexity index is 521. The van der Waals surface area contributed by atoms with Gasteiger partial charge in [0.1, 0.15) is 4.90 Å². The molecule has 0 bridgehead atoms. The molecule has 0 N–H and O–H groups in total. The lowest BCUT2D eigenvalue weighted by Crippen LogP contribution is -2.28. The summed E-state index contributed by atoms with van der Waals surface area (Å²) < 4.78 is 61.2. The van der Waals surface area contributed by atoms with Crippen LogP contribution in [-0.2, 0) is 19.1 Å². The van der Waals surface area contributed by atoms with Crippen molar-refractivity contribution in [3.8, 4) is 0 Å². The van der Waals surface area contributed by atoms with Crippen molar-refractivity contribution in [3.63, 3.8) is 0 Å². The van der Waals surface area contributed by atoms with Gasteiger partial charge in [0.15, 0.2) is 0 Å².